The molecule has 5 nitrogen and oxygen atoms in total. The second-order valence-corrected chi connectivity index (χ2v) is 4.89. The van der Waals surface area contributed by atoms with Crippen LogP contribution in [0.15, 0.2) is 29.0 Å². The highest BCUT2D eigenvalue weighted by atomic mass is 16.5. The lowest BCUT2D eigenvalue weighted by Gasteiger charge is -2.16. The molecule has 0 radical (unpaired) electrons. The van der Waals surface area contributed by atoms with Crippen molar-refractivity contribution in [3.63, 3.8) is 0 Å². The normalized spacial score (nSPS) is 16.7. The molecule has 0 aliphatic heterocycles. The lowest BCUT2D eigenvalue weighted by atomic mass is 9.88. The van der Waals surface area contributed by atoms with Crippen molar-refractivity contribution in [2.75, 3.05) is 0 Å². The second kappa shape index (κ2) is 5.30. The van der Waals surface area contributed by atoms with Gasteiger partial charge in [0.1, 0.15) is 5.78 Å². The lowest BCUT2D eigenvalue weighted by Crippen LogP contribution is -2.12. The smallest absolute Gasteiger partial charge is 0.229 e. The molecule has 2 aromatic rings. The number of pyridine rings is 1. The predicted octanol–water partition coefficient (Wildman–Crippen LogP) is 2.28. The maximum absolute atomic E-state index is 11.2. The van der Waals surface area contributed by atoms with Gasteiger partial charge in [-0.05, 0) is 30.5 Å². The van der Waals surface area contributed by atoms with Gasteiger partial charge in [-0.2, -0.15) is 4.98 Å². The molecular formula is C14H15N3O2. The van der Waals surface area contributed by atoms with E-state index in [1.54, 1.807) is 12.4 Å². The summed E-state index contributed by atoms with van der Waals surface area (Å²) in [6, 6.07) is 3.88. The van der Waals surface area contributed by atoms with Gasteiger partial charge in [-0.15, -0.1) is 0 Å². The Balaban J connectivity index is 1.68. The van der Waals surface area contributed by atoms with E-state index < -0.39 is 0 Å². The van der Waals surface area contributed by atoms with Crippen molar-refractivity contribution in [1.29, 1.82) is 0 Å². The number of carbonyl (C=O) groups is 1. The predicted molar refractivity (Wildman–Crippen MR) is 67.6 cm³/mol. The SMILES string of the molecule is O=C1CCC(c2nc(Cc3ccncc3)no2)CC1. The van der Waals surface area contributed by atoms with Crippen LogP contribution in [-0.4, -0.2) is 20.9 Å². The van der Waals surface area contributed by atoms with Crippen molar-refractivity contribution in [1.82, 2.24) is 15.1 Å². The molecule has 3 rings (SSSR count). The summed E-state index contributed by atoms with van der Waals surface area (Å²) in [5.74, 6) is 1.96. The Morgan fingerprint density at radius 1 is 1.21 bits per heavy atom. The molecule has 0 saturated heterocycles. The molecule has 0 amide bonds. The number of rotatable bonds is 3. The van der Waals surface area contributed by atoms with E-state index in [0.29, 0.717) is 36.8 Å². The van der Waals surface area contributed by atoms with Crippen molar-refractivity contribution in [3.05, 3.63) is 41.8 Å². The number of hydrogen-bond acceptors (Lipinski definition) is 5. The minimum Gasteiger partial charge on any atom is -0.339 e. The Morgan fingerprint density at radius 2 is 1.95 bits per heavy atom. The third-order valence-electron chi connectivity index (χ3n) is 3.49. The monoisotopic (exact) mass is 257 g/mol. The van der Waals surface area contributed by atoms with E-state index in [1.807, 2.05) is 12.1 Å². The van der Waals surface area contributed by atoms with Crippen LogP contribution in [0.4, 0.5) is 0 Å². The van der Waals surface area contributed by atoms with Crippen molar-refractivity contribution in [2.45, 2.75) is 38.0 Å². The molecule has 98 valence electrons. The second-order valence-electron chi connectivity index (χ2n) is 4.89. The summed E-state index contributed by atoms with van der Waals surface area (Å²) in [7, 11) is 0. The van der Waals surface area contributed by atoms with Gasteiger partial charge < -0.3 is 4.52 Å². The van der Waals surface area contributed by atoms with Crippen LogP contribution in [0, 0.1) is 0 Å². The van der Waals surface area contributed by atoms with Gasteiger partial charge in [-0.25, -0.2) is 0 Å². The standard InChI is InChI=1S/C14H15N3O2/c18-12-3-1-11(2-4-12)14-16-13(17-19-14)9-10-5-7-15-8-6-10/h5-8,11H,1-4,9H2. The Kier molecular flexibility index (Phi) is 3.35. The van der Waals surface area contributed by atoms with Gasteiger partial charge in [0.05, 0.1) is 0 Å². The van der Waals surface area contributed by atoms with Crippen LogP contribution < -0.4 is 0 Å². The Morgan fingerprint density at radius 3 is 2.68 bits per heavy atom. The van der Waals surface area contributed by atoms with Crippen molar-refractivity contribution >= 4 is 5.78 Å². The highest BCUT2D eigenvalue weighted by Crippen LogP contribution is 2.30. The summed E-state index contributed by atoms with van der Waals surface area (Å²) in [6.07, 6.45) is 7.08. The quantitative estimate of drug-likeness (QED) is 0.843. The molecule has 1 aliphatic carbocycles. The maximum atomic E-state index is 11.2. The van der Waals surface area contributed by atoms with E-state index in [9.17, 15) is 4.79 Å². The number of aromatic nitrogens is 3. The van der Waals surface area contributed by atoms with Gasteiger partial charge in [-0.3, -0.25) is 9.78 Å². The number of carbonyl (C=O) groups excluding carboxylic acids is 1. The molecule has 0 atom stereocenters. The lowest BCUT2D eigenvalue weighted by molar-refractivity contribution is -0.120. The van der Waals surface area contributed by atoms with Crippen LogP contribution in [0.2, 0.25) is 0 Å². The van der Waals surface area contributed by atoms with E-state index >= 15 is 0 Å². The van der Waals surface area contributed by atoms with Crippen molar-refractivity contribution in [3.8, 4) is 0 Å². The summed E-state index contributed by atoms with van der Waals surface area (Å²) in [5.41, 5.74) is 1.11. The van der Waals surface area contributed by atoms with E-state index in [-0.39, 0.29) is 5.92 Å². The fourth-order valence-corrected chi connectivity index (χ4v) is 2.38. The van der Waals surface area contributed by atoms with Crippen LogP contribution in [0.1, 0.15) is 48.9 Å². The van der Waals surface area contributed by atoms with Gasteiger partial charge in [0.15, 0.2) is 5.82 Å². The molecular weight excluding hydrogens is 242 g/mol. The largest absolute Gasteiger partial charge is 0.339 e. The zero-order valence-electron chi connectivity index (χ0n) is 10.6. The summed E-state index contributed by atoms with van der Waals surface area (Å²) in [4.78, 5) is 19.6. The number of hydrogen-bond donors (Lipinski definition) is 0. The van der Waals surface area contributed by atoms with Crippen LogP contribution in [0.3, 0.4) is 0 Å². The topological polar surface area (TPSA) is 68.9 Å². The molecule has 0 N–H and O–H groups in total. The van der Waals surface area contributed by atoms with Gasteiger partial charge in [0.2, 0.25) is 5.89 Å². The van der Waals surface area contributed by atoms with Crippen LogP contribution in [-0.2, 0) is 11.2 Å². The van der Waals surface area contributed by atoms with E-state index in [2.05, 4.69) is 15.1 Å². The maximum Gasteiger partial charge on any atom is 0.229 e. The van der Waals surface area contributed by atoms with Gasteiger partial charge in [-0.1, -0.05) is 5.16 Å². The molecule has 19 heavy (non-hydrogen) atoms. The summed E-state index contributed by atoms with van der Waals surface area (Å²) in [6.45, 7) is 0. The Bertz CT molecular complexity index is 555. The highest BCUT2D eigenvalue weighted by Gasteiger charge is 2.24. The first kappa shape index (κ1) is 12.0. The van der Waals surface area contributed by atoms with E-state index in [0.717, 1.165) is 18.4 Å². The number of Topliss-reactive ketones (excluding diaryl/α,β-unsaturated/α-hetero) is 1. The van der Waals surface area contributed by atoms with Crippen LogP contribution in [0.25, 0.3) is 0 Å². The first-order valence-electron chi connectivity index (χ1n) is 6.54. The third kappa shape index (κ3) is 2.86. The fraction of sp³-hybridized carbons (Fsp3) is 0.429. The van der Waals surface area contributed by atoms with Crippen LogP contribution in [0.5, 0.6) is 0 Å². The zero-order chi connectivity index (χ0) is 13.1. The molecule has 5 heteroatoms. The van der Waals surface area contributed by atoms with Crippen LogP contribution >= 0.6 is 0 Å². The van der Waals surface area contributed by atoms with Gasteiger partial charge >= 0.3 is 0 Å². The van der Waals surface area contributed by atoms with Crippen molar-refractivity contribution in [2.24, 2.45) is 0 Å². The number of ketones is 1. The minimum absolute atomic E-state index is 0.247. The molecule has 0 spiro atoms. The minimum atomic E-state index is 0.247. The molecule has 2 aromatic heterocycles. The Labute approximate surface area is 111 Å². The molecule has 2 heterocycles. The van der Waals surface area contributed by atoms with E-state index in [4.69, 9.17) is 4.52 Å². The summed E-state index contributed by atoms with van der Waals surface area (Å²) in [5, 5.41) is 4.01. The van der Waals surface area contributed by atoms with Gasteiger partial charge in [0, 0.05) is 37.6 Å². The zero-order valence-corrected chi connectivity index (χ0v) is 10.6. The molecule has 1 saturated carbocycles. The first-order valence-corrected chi connectivity index (χ1v) is 6.54. The summed E-state index contributed by atoms with van der Waals surface area (Å²) >= 11 is 0. The van der Waals surface area contributed by atoms with Crippen molar-refractivity contribution < 1.29 is 9.32 Å². The summed E-state index contributed by atoms with van der Waals surface area (Å²) < 4.78 is 5.32. The molecule has 0 bridgehead atoms. The fourth-order valence-electron chi connectivity index (χ4n) is 2.38. The molecule has 0 aromatic carbocycles. The average Bonchev–Trinajstić information content (AvgIpc) is 2.89. The van der Waals surface area contributed by atoms with E-state index in [1.165, 1.54) is 0 Å². The number of nitrogens with zero attached hydrogens (tertiary/aromatic N) is 3. The molecule has 0 unspecified atom stereocenters. The average molecular weight is 257 g/mol. The molecule has 1 fully saturated rings. The van der Waals surface area contributed by atoms with Gasteiger partial charge in [0.25, 0.3) is 0 Å². The third-order valence-corrected chi connectivity index (χ3v) is 3.49. The first-order chi connectivity index (χ1) is 9.31. The highest BCUT2D eigenvalue weighted by molar-refractivity contribution is 5.79. The molecule has 1 aliphatic rings. The Hall–Kier alpha value is -2.04.